The van der Waals surface area contributed by atoms with Crippen LogP contribution in [0.3, 0.4) is 0 Å². The van der Waals surface area contributed by atoms with Gasteiger partial charge in [-0.15, -0.1) is 11.3 Å². The first-order valence-corrected chi connectivity index (χ1v) is 10.7. The summed E-state index contributed by atoms with van der Waals surface area (Å²) in [5.41, 5.74) is 3.85. The van der Waals surface area contributed by atoms with Gasteiger partial charge in [-0.3, -0.25) is 4.79 Å². The fourth-order valence-corrected chi connectivity index (χ4v) is 4.00. The Hall–Kier alpha value is -3.32. The Bertz CT molecular complexity index is 1070. The summed E-state index contributed by atoms with van der Waals surface area (Å²) in [6.07, 6.45) is 0. The van der Waals surface area contributed by atoms with Gasteiger partial charge >= 0.3 is 5.97 Å². The molecule has 0 fully saturated rings. The molecule has 1 amide bonds. The summed E-state index contributed by atoms with van der Waals surface area (Å²) in [5.74, 6) is 0.366. The monoisotopic (exact) mass is 439 g/mol. The van der Waals surface area contributed by atoms with E-state index < -0.39 is 5.97 Å². The molecule has 3 rings (SSSR count). The largest absolute Gasteiger partial charge is 0.496 e. The Balaban J connectivity index is 1.86. The van der Waals surface area contributed by atoms with Gasteiger partial charge in [0.2, 0.25) is 0 Å². The van der Waals surface area contributed by atoms with Crippen LogP contribution in [0.15, 0.2) is 47.8 Å². The van der Waals surface area contributed by atoms with Gasteiger partial charge in [-0.05, 0) is 45.0 Å². The molecule has 1 N–H and O–H groups in total. The van der Waals surface area contributed by atoms with Gasteiger partial charge in [-0.2, -0.15) is 0 Å². The van der Waals surface area contributed by atoms with Crippen LogP contribution in [-0.4, -0.2) is 32.2 Å². The number of aryl methyl sites for hydroxylation is 2. The first-order valence-electron chi connectivity index (χ1n) is 9.85. The van der Waals surface area contributed by atoms with Gasteiger partial charge in [0.05, 0.1) is 13.7 Å². The van der Waals surface area contributed by atoms with Gasteiger partial charge in [0.25, 0.3) is 5.91 Å². The second kappa shape index (κ2) is 10.1. The Morgan fingerprint density at radius 2 is 1.71 bits per heavy atom. The van der Waals surface area contributed by atoms with Gasteiger partial charge in [0.15, 0.2) is 6.61 Å². The normalized spacial score (nSPS) is 10.5. The van der Waals surface area contributed by atoms with Crippen LogP contribution >= 0.6 is 11.3 Å². The Labute approximate surface area is 185 Å². The topological polar surface area (TPSA) is 73.9 Å². The van der Waals surface area contributed by atoms with E-state index in [1.54, 1.807) is 26.2 Å². The van der Waals surface area contributed by atoms with Gasteiger partial charge < -0.3 is 19.5 Å². The molecule has 0 aliphatic carbocycles. The van der Waals surface area contributed by atoms with Crippen molar-refractivity contribution in [2.24, 2.45) is 0 Å². The van der Waals surface area contributed by atoms with Crippen molar-refractivity contribution in [3.8, 4) is 22.6 Å². The summed E-state index contributed by atoms with van der Waals surface area (Å²) >= 11 is 1.26. The van der Waals surface area contributed by atoms with Crippen LogP contribution in [-0.2, 0) is 9.53 Å². The highest BCUT2D eigenvalue weighted by Gasteiger charge is 2.24. The molecule has 6 nitrogen and oxygen atoms in total. The Morgan fingerprint density at radius 3 is 2.39 bits per heavy atom. The number of ether oxygens (including phenoxy) is 3. The Morgan fingerprint density at radius 1 is 1.00 bits per heavy atom. The smallest absolute Gasteiger partial charge is 0.341 e. The third-order valence-electron chi connectivity index (χ3n) is 4.56. The number of esters is 1. The molecular weight excluding hydrogens is 414 g/mol. The number of hydrogen-bond acceptors (Lipinski definition) is 6. The van der Waals surface area contributed by atoms with E-state index in [1.165, 1.54) is 11.3 Å². The summed E-state index contributed by atoms with van der Waals surface area (Å²) in [7, 11) is 1.58. The standard InChI is InChI=1S/C24H25NO5S/c1-5-29-24(27)22-19(18-12-16(3)8-11-20(18)28-4)14-31-23(22)25-21(26)13-30-17-9-6-15(2)7-10-17/h6-12,14H,5,13H2,1-4H3,(H,25,26). The van der Waals surface area contributed by atoms with Crippen molar-refractivity contribution < 1.29 is 23.8 Å². The lowest BCUT2D eigenvalue weighted by atomic mass is 10.0. The number of carbonyl (C=O) groups is 2. The van der Waals surface area contributed by atoms with Gasteiger partial charge in [0, 0.05) is 16.5 Å². The lowest BCUT2D eigenvalue weighted by molar-refractivity contribution is -0.118. The number of methoxy groups -OCH3 is 1. The molecule has 0 bridgehead atoms. The van der Waals surface area contributed by atoms with Crippen LogP contribution in [0.25, 0.3) is 11.1 Å². The number of thiophene rings is 1. The average molecular weight is 440 g/mol. The molecule has 1 heterocycles. The summed E-state index contributed by atoms with van der Waals surface area (Å²) < 4.78 is 16.3. The average Bonchev–Trinajstić information content (AvgIpc) is 3.16. The van der Waals surface area contributed by atoms with Crippen molar-refractivity contribution >= 4 is 28.2 Å². The van der Waals surface area contributed by atoms with Crippen LogP contribution in [0, 0.1) is 13.8 Å². The molecule has 1 aromatic heterocycles. The predicted octanol–water partition coefficient (Wildman–Crippen LogP) is 5.23. The number of benzene rings is 2. The lowest BCUT2D eigenvalue weighted by Crippen LogP contribution is -2.21. The molecule has 0 aliphatic rings. The minimum Gasteiger partial charge on any atom is -0.496 e. The maximum atomic E-state index is 12.8. The van der Waals surface area contributed by atoms with Gasteiger partial charge in [0.1, 0.15) is 22.1 Å². The van der Waals surface area contributed by atoms with E-state index in [2.05, 4.69) is 5.32 Å². The molecule has 0 unspecified atom stereocenters. The van der Waals surface area contributed by atoms with Crippen LogP contribution in [0.1, 0.15) is 28.4 Å². The number of anilines is 1. The second-order valence-electron chi connectivity index (χ2n) is 6.93. The molecule has 0 saturated carbocycles. The summed E-state index contributed by atoms with van der Waals surface area (Å²) in [6, 6.07) is 13.2. The second-order valence-corrected chi connectivity index (χ2v) is 7.81. The number of nitrogens with one attached hydrogen (secondary N) is 1. The number of carbonyl (C=O) groups excluding carboxylic acids is 2. The van der Waals surface area contributed by atoms with Crippen molar-refractivity contribution in [3.05, 3.63) is 64.5 Å². The van der Waals surface area contributed by atoms with Crippen molar-refractivity contribution in [1.82, 2.24) is 0 Å². The molecule has 7 heteroatoms. The molecule has 0 radical (unpaired) electrons. The minimum atomic E-state index is -0.503. The van der Waals surface area contributed by atoms with Crippen LogP contribution in [0.2, 0.25) is 0 Å². The number of rotatable bonds is 8. The van der Waals surface area contributed by atoms with E-state index in [4.69, 9.17) is 14.2 Å². The molecule has 162 valence electrons. The number of amides is 1. The molecule has 2 aromatic carbocycles. The molecular formula is C24H25NO5S. The zero-order valence-electron chi connectivity index (χ0n) is 18.0. The van der Waals surface area contributed by atoms with Crippen molar-refractivity contribution in [3.63, 3.8) is 0 Å². The van der Waals surface area contributed by atoms with E-state index in [9.17, 15) is 9.59 Å². The zero-order valence-corrected chi connectivity index (χ0v) is 18.8. The van der Waals surface area contributed by atoms with E-state index in [-0.39, 0.29) is 19.1 Å². The highest BCUT2D eigenvalue weighted by atomic mass is 32.1. The summed E-state index contributed by atoms with van der Waals surface area (Å²) in [4.78, 5) is 25.3. The molecule has 0 aliphatic heterocycles. The first-order chi connectivity index (χ1) is 14.9. The van der Waals surface area contributed by atoms with Crippen molar-refractivity contribution in [2.45, 2.75) is 20.8 Å². The van der Waals surface area contributed by atoms with Crippen LogP contribution < -0.4 is 14.8 Å². The van der Waals surface area contributed by atoms with E-state index in [0.717, 1.165) is 16.7 Å². The van der Waals surface area contributed by atoms with Crippen molar-refractivity contribution in [2.75, 3.05) is 25.6 Å². The van der Waals surface area contributed by atoms with E-state index in [1.807, 2.05) is 49.6 Å². The number of hydrogen-bond donors (Lipinski definition) is 1. The van der Waals surface area contributed by atoms with Crippen LogP contribution in [0.5, 0.6) is 11.5 Å². The fraction of sp³-hybridized carbons (Fsp3) is 0.250. The lowest BCUT2D eigenvalue weighted by Gasteiger charge is -2.12. The Kier molecular flexibility index (Phi) is 7.31. The highest BCUT2D eigenvalue weighted by Crippen LogP contribution is 2.40. The maximum Gasteiger partial charge on any atom is 0.341 e. The van der Waals surface area contributed by atoms with E-state index in [0.29, 0.717) is 27.6 Å². The quantitative estimate of drug-likeness (QED) is 0.486. The third kappa shape index (κ3) is 5.44. The molecule has 0 atom stereocenters. The molecule has 0 saturated heterocycles. The highest BCUT2D eigenvalue weighted by molar-refractivity contribution is 7.15. The van der Waals surface area contributed by atoms with Crippen molar-refractivity contribution in [1.29, 1.82) is 0 Å². The zero-order chi connectivity index (χ0) is 22.4. The van der Waals surface area contributed by atoms with E-state index >= 15 is 0 Å². The molecule has 3 aromatic rings. The SMILES string of the molecule is CCOC(=O)c1c(-c2cc(C)ccc2OC)csc1NC(=O)COc1ccc(C)cc1. The maximum absolute atomic E-state index is 12.8. The van der Waals surface area contributed by atoms with Crippen LogP contribution in [0.4, 0.5) is 5.00 Å². The summed E-state index contributed by atoms with van der Waals surface area (Å²) in [6.45, 7) is 5.73. The fourth-order valence-electron chi connectivity index (χ4n) is 3.03. The summed E-state index contributed by atoms with van der Waals surface area (Å²) in [5, 5.41) is 5.02. The molecule has 31 heavy (non-hydrogen) atoms. The van der Waals surface area contributed by atoms with Gasteiger partial charge in [-0.1, -0.05) is 29.3 Å². The van der Waals surface area contributed by atoms with Gasteiger partial charge in [-0.25, -0.2) is 4.79 Å². The first kappa shape index (κ1) is 22.4. The molecule has 0 spiro atoms. The predicted molar refractivity (Wildman–Crippen MR) is 122 cm³/mol. The minimum absolute atomic E-state index is 0.174. The third-order valence-corrected chi connectivity index (χ3v) is 5.46.